The number of hydrogen-bond donors (Lipinski definition) is 2. The van der Waals surface area contributed by atoms with Crippen LogP contribution in [0.1, 0.15) is 55.6 Å². The predicted octanol–water partition coefficient (Wildman–Crippen LogP) is 5.54. The van der Waals surface area contributed by atoms with Crippen LogP contribution in [0.3, 0.4) is 0 Å². The maximum atomic E-state index is 12.8. The SMILES string of the molecule is O=C(C[C@H](c1c[nH]c2ccccc12)C1CCCCC1)NCc1ccccc1. The molecule has 0 saturated heterocycles. The van der Waals surface area contributed by atoms with E-state index in [2.05, 4.69) is 52.9 Å². The minimum atomic E-state index is 0.153. The molecule has 1 saturated carbocycles. The molecule has 0 unspecified atom stereocenters. The summed E-state index contributed by atoms with van der Waals surface area (Å²) in [6, 6.07) is 18.6. The van der Waals surface area contributed by atoms with Crippen molar-refractivity contribution in [3.63, 3.8) is 0 Å². The Morgan fingerprint density at radius 2 is 1.74 bits per heavy atom. The van der Waals surface area contributed by atoms with Gasteiger partial charge in [-0.1, -0.05) is 67.8 Å². The highest BCUT2D eigenvalue weighted by molar-refractivity contribution is 5.85. The van der Waals surface area contributed by atoms with Crippen LogP contribution < -0.4 is 5.32 Å². The Kier molecular flexibility index (Phi) is 5.57. The Balaban J connectivity index is 1.52. The van der Waals surface area contributed by atoms with Crippen molar-refractivity contribution in [1.82, 2.24) is 10.3 Å². The largest absolute Gasteiger partial charge is 0.361 e. The van der Waals surface area contributed by atoms with E-state index in [0.29, 0.717) is 18.9 Å². The second-order valence-electron chi connectivity index (χ2n) is 7.76. The summed E-state index contributed by atoms with van der Waals surface area (Å²) < 4.78 is 0. The number of aromatic nitrogens is 1. The highest BCUT2D eigenvalue weighted by atomic mass is 16.1. The van der Waals surface area contributed by atoms with Crippen LogP contribution in [0.5, 0.6) is 0 Å². The third-order valence-corrected chi connectivity index (χ3v) is 5.98. The van der Waals surface area contributed by atoms with Gasteiger partial charge in [-0.2, -0.15) is 0 Å². The second kappa shape index (κ2) is 8.43. The number of H-pyrrole nitrogens is 1. The van der Waals surface area contributed by atoms with Crippen LogP contribution in [0.2, 0.25) is 0 Å². The molecule has 1 amide bonds. The zero-order valence-electron chi connectivity index (χ0n) is 15.8. The van der Waals surface area contributed by atoms with Crippen molar-refractivity contribution in [1.29, 1.82) is 0 Å². The van der Waals surface area contributed by atoms with Gasteiger partial charge in [-0.05, 0) is 41.9 Å². The van der Waals surface area contributed by atoms with E-state index >= 15 is 0 Å². The van der Waals surface area contributed by atoms with Crippen molar-refractivity contribution in [3.05, 3.63) is 71.9 Å². The number of aromatic amines is 1. The van der Waals surface area contributed by atoms with E-state index in [1.54, 1.807) is 0 Å². The van der Waals surface area contributed by atoms with Crippen molar-refractivity contribution in [3.8, 4) is 0 Å². The molecule has 4 rings (SSSR count). The number of nitrogens with one attached hydrogen (secondary N) is 2. The van der Waals surface area contributed by atoms with Crippen molar-refractivity contribution in [2.45, 2.75) is 51.0 Å². The molecule has 0 aliphatic heterocycles. The zero-order chi connectivity index (χ0) is 18.5. The molecule has 3 aromatic rings. The molecule has 1 aromatic heterocycles. The van der Waals surface area contributed by atoms with Gasteiger partial charge in [0.05, 0.1) is 0 Å². The van der Waals surface area contributed by atoms with E-state index in [4.69, 9.17) is 0 Å². The molecule has 1 fully saturated rings. The molecule has 1 atom stereocenters. The van der Waals surface area contributed by atoms with Gasteiger partial charge in [0.2, 0.25) is 5.91 Å². The monoisotopic (exact) mass is 360 g/mol. The molecule has 3 heteroatoms. The van der Waals surface area contributed by atoms with Crippen molar-refractivity contribution in [2.24, 2.45) is 5.92 Å². The van der Waals surface area contributed by atoms with Gasteiger partial charge in [-0.25, -0.2) is 0 Å². The fraction of sp³-hybridized carbons (Fsp3) is 0.375. The first-order valence-corrected chi connectivity index (χ1v) is 10.2. The standard InChI is InChI=1S/C24H28N2O/c27-24(26-16-18-9-3-1-4-10-18)15-21(19-11-5-2-6-12-19)22-17-25-23-14-8-7-13-20(22)23/h1,3-4,7-10,13-14,17,19,21,25H,2,5-6,11-12,15-16H2,(H,26,27)/t21-/m0/s1. The Bertz CT molecular complexity index is 878. The first kappa shape index (κ1) is 17.8. The minimum absolute atomic E-state index is 0.153. The first-order chi connectivity index (χ1) is 13.3. The van der Waals surface area contributed by atoms with Gasteiger partial charge in [0.1, 0.15) is 0 Å². The summed E-state index contributed by atoms with van der Waals surface area (Å²) in [5.41, 5.74) is 3.62. The van der Waals surface area contributed by atoms with Gasteiger partial charge < -0.3 is 10.3 Å². The zero-order valence-corrected chi connectivity index (χ0v) is 15.8. The third-order valence-electron chi connectivity index (χ3n) is 5.98. The fourth-order valence-electron chi connectivity index (χ4n) is 4.54. The van der Waals surface area contributed by atoms with Crippen molar-refractivity contribution in [2.75, 3.05) is 0 Å². The van der Waals surface area contributed by atoms with E-state index in [-0.39, 0.29) is 11.8 Å². The lowest BCUT2D eigenvalue weighted by molar-refractivity contribution is -0.122. The van der Waals surface area contributed by atoms with E-state index in [0.717, 1.165) is 11.1 Å². The number of para-hydroxylation sites is 1. The maximum Gasteiger partial charge on any atom is 0.220 e. The normalized spacial score (nSPS) is 16.3. The van der Waals surface area contributed by atoms with E-state index in [1.165, 1.54) is 43.1 Å². The molecule has 1 aliphatic carbocycles. The molecule has 140 valence electrons. The lowest BCUT2D eigenvalue weighted by atomic mass is 9.75. The molecule has 27 heavy (non-hydrogen) atoms. The van der Waals surface area contributed by atoms with Gasteiger partial charge >= 0.3 is 0 Å². The van der Waals surface area contributed by atoms with Crippen LogP contribution in [0, 0.1) is 5.92 Å². The van der Waals surface area contributed by atoms with E-state index in [1.807, 2.05) is 18.2 Å². The lowest BCUT2D eigenvalue weighted by Crippen LogP contribution is -2.27. The highest BCUT2D eigenvalue weighted by Gasteiger charge is 2.28. The van der Waals surface area contributed by atoms with Gasteiger partial charge in [0.15, 0.2) is 0 Å². The highest BCUT2D eigenvalue weighted by Crippen LogP contribution is 2.40. The van der Waals surface area contributed by atoms with Crippen LogP contribution in [0.15, 0.2) is 60.8 Å². The smallest absolute Gasteiger partial charge is 0.220 e. The van der Waals surface area contributed by atoms with Gasteiger partial charge in [0.25, 0.3) is 0 Å². The molecule has 2 aromatic carbocycles. The molecule has 1 heterocycles. The summed E-state index contributed by atoms with van der Waals surface area (Å²) in [6.07, 6.45) is 9.07. The van der Waals surface area contributed by atoms with E-state index < -0.39 is 0 Å². The summed E-state index contributed by atoms with van der Waals surface area (Å²) in [5, 5.41) is 4.40. The van der Waals surface area contributed by atoms with E-state index in [9.17, 15) is 4.79 Å². The second-order valence-corrected chi connectivity index (χ2v) is 7.76. The first-order valence-electron chi connectivity index (χ1n) is 10.2. The van der Waals surface area contributed by atoms with Crippen LogP contribution in [-0.4, -0.2) is 10.9 Å². The van der Waals surface area contributed by atoms with Gasteiger partial charge in [-0.3, -0.25) is 4.79 Å². The predicted molar refractivity (Wildman–Crippen MR) is 111 cm³/mol. The van der Waals surface area contributed by atoms with Crippen LogP contribution in [-0.2, 0) is 11.3 Å². The van der Waals surface area contributed by atoms with Crippen molar-refractivity contribution < 1.29 is 4.79 Å². The average Bonchev–Trinajstić information content (AvgIpc) is 3.16. The number of carbonyl (C=O) groups is 1. The maximum absolute atomic E-state index is 12.8. The minimum Gasteiger partial charge on any atom is -0.361 e. The molecular weight excluding hydrogens is 332 g/mol. The fourth-order valence-corrected chi connectivity index (χ4v) is 4.54. The van der Waals surface area contributed by atoms with Gasteiger partial charge in [0, 0.05) is 30.1 Å². The summed E-state index contributed by atoms with van der Waals surface area (Å²) in [4.78, 5) is 16.2. The van der Waals surface area contributed by atoms with Crippen LogP contribution in [0.25, 0.3) is 10.9 Å². The number of benzene rings is 2. The Labute approximate surface area is 161 Å². The van der Waals surface area contributed by atoms with Crippen molar-refractivity contribution >= 4 is 16.8 Å². The summed E-state index contributed by atoms with van der Waals surface area (Å²) in [6.45, 7) is 0.602. The Hall–Kier alpha value is -2.55. The molecule has 1 aliphatic rings. The average molecular weight is 361 g/mol. The Morgan fingerprint density at radius 3 is 2.56 bits per heavy atom. The summed E-state index contributed by atoms with van der Waals surface area (Å²) in [5.74, 6) is 1.04. The number of rotatable bonds is 6. The third kappa shape index (κ3) is 4.24. The van der Waals surface area contributed by atoms with Crippen LogP contribution in [0.4, 0.5) is 0 Å². The molecule has 0 bridgehead atoms. The summed E-state index contributed by atoms with van der Waals surface area (Å²) >= 11 is 0. The van der Waals surface area contributed by atoms with Gasteiger partial charge in [-0.15, -0.1) is 0 Å². The molecule has 0 radical (unpaired) electrons. The Morgan fingerprint density at radius 1 is 1.00 bits per heavy atom. The molecule has 2 N–H and O–H groups in total. The lowest BCUT2D eigenvalue weighted by Gasteiger charge is -2.30. The number of carbonyl (C=O) groups excluding carboxylic acids is 1. The number of fused-ring (bicyclic) bond motifs is 1. The summed E-state index contributed by atoms with van der Waals surface area (Å²) in [7, 11) is 0. The molecular formula is C24H28N2O. The number of hydrogen-bond acceptors (Lipinski definition) is 1. The molecule has 0 spiro atoms. The topological polar surface area (TPSA) is 44.9 Å². The molecule has 3 nitrogen and oxygen atoms in total. The van der Waals surface area contributed by atoms with Crippen LogP contribution >= 0.6 is 0 Å². The number of amides is 1. The quantitative estimate of drug-likeness (QED) is 0.596.